The van der Waals surface area contributed by atoms with E-state index >= 15 is 0 Å². The average molecular weight is 446 g/mol. The molecule has 0 N–H and O–H groups in total. The number of benzene rings is 1. The summed E-state index contributed by atoms with van der Waals surface area (Å²) in [7, 11) is 2.78. The number of fused-ring (bicyclic) bond motifs is 1. The summed E-state index contributed by atoms with van der Waals surface area (Å²) in [6.07, 6.45) is 2.19. The summed E-state index contributed by atoms with van der Waals surface area (Å²) in [4.78, 5) is 28.7. The molecule has 2 fully saturated rings. The quantitative estimate of drug-likeness (QED) is 0.519. The first-order chi connectivity index (χ1) is 14.3. The van der Waals surface area contributed by atoms with Gasteiger partial charge in [-0.25, -0.2) is 0 Å². The fraction of sp³-hybridized carbons (Fsp3) is 0.476. The Morgan fingerprint density at radius 3 is 2.90 bits per heavy atom. The number of ether oxygens (including phenoxy) is 2. The van der Waals surface area contributed by atoms with Gasteiger partial charge in [-0.05, 0) is 38.0 Å². The summed E-state index contributed by atoms with van der Waals surface area (Å²) in [5.41, 5.74) is 0.0762. The Labute approximate surface area is 183 Å². The van der Waals surface area contributed by atoms with Gasteiger partial charge in [-0.2, -0.15) is 5.26 Å². The van der Waals surface area contributed by atoms with E-state index in [0.717, 1.165) is 5.56 Å². The first kappa shape index (κ1) is 20.9. The lowest BCUT2D eigenvalue weighted by molar-refractivity contribution is -0.146. The zero-order valence-corrected chi connectivity index (χ0v) is 18.6. The van der Waals surface area contributed by atoms with Crippen molar-refractivity contribution in [2.24, 2.45) is 5.41 Å². The van der Waals surface area contributed by atoms with Crippen LogP contribution in [0.4, 0.5) is 0 Å². The van der Waals surface area contributed by atoms with Crippen molar-refractivity contribution in [3.63, 3.8) is 0 Å². The second kappa shape index (κ2) is 7.75. The zero-order valence-electron chi connectivity index (χ0n) is 16.9. The van der Waals surface area contributed by atoms with Crippen molar-refractivity contribution >= 4 is 33.4 Å². The SMILES string of the molecule is C=CCN1C(=O)CSSC1(C)C(=O)N1CC[C@](C)(C#N)[C@@H]1c1ccc2c(c1)OCO2. The molecular formula is C21H23N3O4S2. The van der Waals surface area contributed by atoms with Crippen molar-refractivity contribution < 1.29 is 19.1 Å². The zero-order chi connectivity index (χ0) is 21.5. The van der Waals surface area contributed by atoms with E-state index in [1.807, 2.05) is 25.1 Å². The van der Waals surface area contributed by atoms with Gasteiger partial charge >= 0.3 is 0 Å². The summed E-state index contributed by atoms with van der Waals surface area (Å²) >= 11 is 0. The van der Waals surface area contributed by atoms with Gasteiger partial charge in [0.1, 0.15) is 0 Å². The number of likely N-dealkylation sites (tertiary alicyclic amines) is 1. The molecule has 7 nitrogen and oxygen atoms in total. The third-order valence-corrected chi connectivity index (χ3v) is 8.83. The standard InChI is InChI=1S/C21H23N3O4S2/c1-4-8-24-17(25)11-29-30-21(24,3)19(26)23-9-7-20(2,12-22)18(23)14-5-6-15-16(10-14)28-13-27-15/h4-6,10,18H,1,7-9,11,13H2,2-3H3/t18-,20+,21?/m0/s1. The topological polar surface area (TPSA) is 82.9 Å². The summed E-state index contributed by atoms with van der Waals surface area (Å²) in [5.74, 6) is 1.34. The minimum Gasteiger partial charge on any atom is -0.454 e. The highest BCUT2D eigenvalue weighted by molar-refractivity contribution is 8.77. The summed E-state index contributed by atoms with van der Waals surface area (Å²) in [6, 6.07) is 7.53. The number of nitrogens with zero attached hydrogens (tertiary/aromatic N) is 3. The van der Waals surface area contributed by atoms with E-state index in [1.54, 1.807) is 22.8 Å². The first-order valence-corrected chi connectivity index (χ1v) is 12.0. The Bertz CT molecular complexity index is 949. The van der Waals surface area contributed by atoms with Gasteiger partial charge in [-0.15, -0.1) is 6.58 Å². The van der Waals surface area contributed by atoms with Gasteiger partial charge in [0.15, 0.2) is 16.4 Å². The van der Waals surface area contributed by atoms with Gasteiger partial charge in [0.05, 0.1) is 23.3 Å². The van der Waals surface area contributed by atoms with Gasteiger partial charge in [-0.3, -0.25) is 9.59 Å². The van der Waals surface area contributed by atoms with E-state index in [2.05, 4.69) is 12.6 Å². The van der Waals surface area contributed by atoms with Crippen molar-refractivity contribution in [2.45, 2.75) is 31.2 Å². The van der Waals surface area contributed by atoms with E-state index in [9.17, 15) is 14.9 Å². The molecule has 0 bridgehead atoms. The van der Waals surface area contributed by atoms with Crippen LogP contribution < -0.4 is 9.47 Å². The number of carbonyl (C=O) groups excluding carboxylic acids is 2. The van der Waals surface area contributed by atoms with Crippen LogP contribution in [0.25, 0.3) is 0 Å². The first-order valence-electron chi connectivity index (χ1n) is 9.68. The molecule has 0 saturated carbocycles. The molecule has 0 aliphatic carbocycles. The molecule has 0 spiro atoms. The predicted molar refractivity (Wildman–Crippen MR) is 116 cm³/mol. The molecule has 1 aromatic rings. The van der Waals surface area contributed by atoms with Gasteiger partial charge in [0.2, 0.25) is 12.7 Å². The molecule has 3 aliphatic rings. The van der Waals surface area contributed by atoms with Gasteiger partial charge in [0, 0.05) is 13.1 Å². The maximum absolute atomic E-state index is 13.9. The van der Waals surface area contributed by atoms with Crippen molar-refractivity contribution in [2.75, 3.05) is 25.6 Å². The van der Waals surface area contributed by atoms with Gasteiger partial charge < -0.3 is 19.3 Å². The van der Waals surface area contributed by atoms with Crippen LogP contribution in [0.15, 0.2) is 30.9 Å². The molecule has 1 aromatic carbocycles. The third-order valence-electron chi connectivity index (χ3n) is 5.94. The molecule has 9 heteroatoms. The van der Waals surface area contributed by atoms with Crippen LogP contribution in [-0.2, 0) is 9.59 Å². The molecule has 4 rings (SSSR count). The minimum atomic E-state index is -1.07. The van der Waals surface area contributed by atoms with Crippen molar-refractivity contribution in [1.29, 1.82) is 5.26 Å². The maximum Gasteiger partial charge on any atom is 0.260 e. The summed E-state index contributed by atoms with van der Waals surface area (Å²) < 4.78 is 10.9. The molecule has 1 unspecified atom stereocenters. The molecule has 30 heavy (non-hydrogen) atoms. The lowest BCUT2D eigenvalue weighted by Crippen LogP contribution is -2.59. The van der Waals surface area contributed by atoms with Crippen LogP contribution in [0.2, 0.25) is 0 Å². The normalized spacial score (nSPS) is 30.3. The number of nitriles is 1. The summed E-state index contributed by atoms with van der Waals surface area (Å²) in [6.45, 7) is 8.31. The average Bonchev–Trinajstić information content (AvgIpc) is 3.34. The van der Waals surface area contributed by atoms with E-state index in [4.69, 9.17) is 9.47 Å². The third kappa shape index (κ3) is 3.22. The second-order valence-electron chi connectivity index (χ2n) is 7.91. The Morgan fingerprint density at radius 1 is 1.40 bits per heavy atom. The van der Waals surface area contributed by atoms with Crippen LogP contribution in [0.5, 0.6) is 11.5 Å². The second-order valence-corrected chi connectivity index (χ2v) is 10.6. The molecule has 2 amide bonds. The molecular weight excluding hydrogens is 422 g/mol. The Hall–Kier alpha value is -2.31. The van der Waals surface area contributed by atoms with E-state index in [0.29, 0.717) is 36.8 Å². The number of rotatable bonds is 4. The lowest BCUT2D eigenvalue weighted by Gasteiger charge is -2.45. The highest BCUT2D eigenvalue weighted by Crippen LogP contribution is 2.52. The molecule has 3 aliphatic heterocycles. The van der Waals surface area contributed by atoms with Gasteiger partial charge in [-0.1, -0.05) is 33.7 Å². The smallest absolute Gasteiger partial charge is 0.260 e. The van der Waals surface area contributed by atoms with Gasteiger partial charge in [0.25, 0.3) is 5.91 Å². The minimum absolute atomic E-state index is 0.0867. The largest absolute Gasteiger partial charge is 0.454 e. The lowest BCUT2D eigenvalue weighted by atomic mass is 9.80. The van der Waals surface area contributed by atoms with Crippen LogP contribution in [0.3, 0.4) is 0 Å². The van der Waals surface area contributed by atoms with Crippen molar-refractivity contribution in [3.05, 3.63) is 36.4 Å². The highest BCUT2D eigenvalue weighted by atomic mass is 33.1. The summed E-state index contributed by atoms with van der Waals surface area (Å²) in [5, 5.41) is 9.97. The van der Waals surface area contributed by atoms with Crippen LogP contribution in [0.1, 0.15) is 31.9 Å². The molecule has 158 valence electrons. The number of carbonyl (C=O) groups is 2. The molecule has 2 saturated heterocycles. The Morgan fingerprint density at radius 2 is 2.17 bits per heavy atom. The van der Waals surface area contributed by atoms with Crippen LogP contribution in [-0.4, -0.2) is 52.1 Å². The Kier molecular flexibility index (Phi) is 5.41. The maximum atomic E-state index is 13.9. The van der Waals surface area contributed by atoms with Crippen LogP contribution >= 0.6 is 21.6 Å². The monoisotopic (exact) mass is 445 g/mol. The molecule has 0 aromatic heterocycles. The highest BCUT2D eigenvalue weighted by Gasteiger charge is 2.54. The predicted octanol–water partition coefficient (Wildman–Crippen LogP) is 3.34. The molecule has 0 radical (unpaired) electrons. The van der Waals surface area contributed by atoms with Crippen molar-refractivity contribution in [1.82, 2.24) is 9.80 Å². The van der Waals surface area contributed by atoms with E-state index in [1.165, 1.54) is 21.6 Å². The van der Waals surface area contributed by atoms with E-state index in [-0.39, 0.29) is 18.6 Å². The Balaban J connectivity index is 1.73. The van der Waals surface area contributed by atoms with Crippen molar-refractivity contribution in [3.8, 4) is 17.6 Å². The molecule has 3 heterocycles. The number of hydrogen-bond donors (Lipinski definition) is 0. The fourth-order valence-electron chi connectivity index (χ4n) is 4.31. The fourth-order valence-corrected chi connectivity index (χ4v) is 6.96. The van der Waals surface area contributed by atoms with E-state index < -0.39 is 16.3 Å². The number of hydrogen-bond acceptors (Lipinski definition) is 7. The van der Waals surface area contributed by atoms with Crippen LogP contribution in [0, 0.1) is 16.7 Å². The molecule has 3 atom stereocenters. The number of amides is 2.